The summed E-state index contributed by atoms with van der Waals surface area (Å²) >= 11 is 0. The quantitative estimate of drug-likeness (QED) is 0.657. The minimum absolute atomic E-state index is 0.0328. The summed E-state index contributed by atoms with van der Waals surface area (Å²) in [6.07, 6.45) is 1.66. The molecule has 1 aliphatic heterocycles. The maximum Gasteiger partial charge on any atom is 0.170 e. The van der Waals surface area contributed by atoms with Crippen LogP contribution in [0, 0.1) is 5.92 Å². The van der Waals surface area contributed by atoms with Gasteiger partial charge in [0.2, 0.25) is 0 Å². The second-order valence-corrected chi connectivity index (χ2v) is 8.00. The van der Waals surface area contributed by atoms with E-state index in [1.807, 2.05) is 60.7 Å². The number of carbonyl (C=O) groups excluding carboxylic acids is 1. The highest BCUT2D eigenvalue weighted by molar-refractivity contribution is 5.98. The number of benzene rings is 2. The molecule has 1 N–H and O–H groups in total. The van der Waals surface area contributed by atoms with Gasteiger partial charge >= 0.3 is 0 Å². The Morgan fingerprint density at radius 2 is 1.69 bits per heavy atom. The average molecular weight is 395 g/mol. The summed E-state index contributed by atoms with van der Waals surface area (Å²) in [4.78, 5) is 18.2. The molecule has 1 heterocycles. The summed E-state index contributed by atoms with van der Waals surface area (Å²) in [5.41, 5.74) is 0.401. The minimum atomic E-state index is -1.12. The van der Waals surface area contributed by atoms with Gasteiger partial charge in [-0.3, -0.25) is 4.79 Å². The summed E-state index contributed by atoms with van der Waals surface area (Å²) in [5.74, 6) is -0.431. The van der Waals surface area contributed by atoms with Gasteiger partial charge in [-0.15, -0.1) is 0 Å². The zero-order valence-corrected chi connectivity index (χ0v) is 17.8. The fourth-order valence-corrected chi connectivity index (χ4v) is 4.44. The number of hydrogen-bond acceptors (Lipinski definition) is 4. The van der Waals surface area contributed by atoms with Gasteiger partial charge in [0.25, 0.3) is 0 Å². The smallest absolute Gasteiger partial charge is 0.170 e. The third-order valence-electron chi connectivity index (χ3n) is 6.32. The number of nitrogens with zero attached hydrogens (tertiary/aromatic N) is 2. The van der Waals surface area contributed by atoms with Crippen molar-refractivity contribution in [2.75, 3.05) is 39.3 Å². The Morgan fingerprint density at radius 1 is 1.07 bits per heavy atom. The molecule has 29 heavy (non-hydrogen) atoms. The summed E-state index contributed by atoms with van der Waals surface area (Å²) in [6, 6.07) is 19.1. The number of ketones is 1. The van der Waals surface area contributed by atoms with Crippen molar-refractivity contribution in [3.63, 3.8) is 0 Å². The van der Waals surface area contributed by atoms with Crippen molar-refractivity contribution in [1.29, 1.82) is 0 Å². The lowest BCUT2D eigenvalue weighted by molar-refractivity contribution is -0.0645. The predicted octanol–water partition coefficient (Wildman–Crippen LogP) is 3.81. The van der Waals surface area contributed by atoms with Crippen LogP contribution >= 0.6 is 0 Å². The van der Waals surface area contributed by atoms with Gasteiger partial charge in [-0.25, -0.2) is 0 Å². The van der Waals surface area contributed by atoms with Crippen LogP contribution in [0.1, 0.15) is 42.6 Å². The highest BCUT2D eigenvalue weighted by Crippen LogP contribution is 2.39. The summed E-state index contributed by atoms with van der Waals surface area (Å²) < 4.78 is 0. The lowest BCUT2D eigenvalue weighted by Gasteiger charge is -2.44. The molecule has 2 atom stereocenters. The Labute approximate surface area is 175 Å². The molecule has 156 valence electrons. The number of carbonyl (C=O) groups is 1. The standard InChI is InChI=1S/C25H34N2O2/c1-3-26(4-2)17-11-18-27-19-16-25(29,22-14-9-6-10-15-22)23(20-27)24(28)21-12-7-5-8-13-21/h5-10,12-15,23,29H,3-4,11,16-20H2,1-2H3. The third-order valence-corrected chi connectivity index (χ3v) is 6.32. The van der Waals surface area contributed by atoms with Crippen LogP contribution in [-0.2, 0) is 5.60 Å². The van der Waals surface area contributed by atoms with Crippen molar-refractivity contribution in [2.45, 2.75) is 32.3 Å². The number of piperidine rings is 1. The van der Waals surface area contributed by atoms with Gasteiger partial charge in [-0.1, -0.05) is 74.5 Å². The number of Topliss-reactive ketones (excluding diaryl/α,β-unsaturated/α-hetero) is 1. The van der Waals surface area contributed by atoms with E-state index in [0.717, 1.165) is 44.7 Å². The Bertz CT molecular complexity index is 761. The molecule has 4 heteroatoms. The number of aliphatic hydroxyl groups is 1. The molecule has 0 spiro atoms. The fourth-order valence-electron chi connectivity index (χ4n) is 4.44. The molecule has 2 unspecified atom stereocenters. The van der Waals surface area contributed by atoms with E-state index in [-0.39, 0.29) is 5.78 Å². The van der Waals surface area contributed by atoms with Crippen LogP contribution in [0.5, 0.6) is 0 Å². The number of likely N-dealkylation sites (tertiary alicyclic amines) is 1. The van der Waals surface area contributed by atoms with E-state index in [2.05, 4.69) is 23.6 Å². The van der Waals surface area contributed by atoms with Crippen LogP contribution in [0.3, 0.4) is 0 Å². The first-order valence-electron chi connectivity index (χ1n) is 10.9. The lowest BCUT2D eigenvalue weighted by Crippen LogP contribution is -2.53. The van der Waals surface area contributed by atoms with E-state index in [1.165, 1.54) is 0 Å². The van der Waals surface area contributed by atoms with Crippen LogP contribution in [-0.4, -0.2) is 60.0 Å². The van der Waals surface area contributed by atoms with E-state index < -0.39 is 11.5 Å². The molecule has 0 saturated carbocycles. The monoisotopic (exact) mass is 394 g/mol. The molecular weight excluding hydrogens is 360 g/mol. The maximum atomic E-state index is 13.4. The molecule has 3 rings (SSSR count). The van der Waals surface area contributed by atoms with Crippen LogP contribution < -0.4 is 0 Å². The minimum Gasteiger partial charge on any atom is -0.384 e. The topological polar surface area (TPSA) is 43.8 Å². The molecule has 0 aromatic heterocycles. The largest absolute Gasteiger partial charge is 0.384 e. The summed E-state index contributed by atoms with van der Waals surface area (Å²) in [6.45, 7) is 9.96. The second kappa shape index (κ2) is 10.1. The molecular formula is C25H34N2O2. The zero-order chi connectivity index (χ0) is 20.7. The first-order chi connectivity index (χ1) is 14.1. The molecule has 0 radical (unpaired) electrons. The van der Waals surface area contributed by atoms with Crippen molar-refractivity contribution < 1.29 is 9.90 Å². The predicted molar refractivity (Wildman–Crippen MR) is 118 cm³/mol. The molecule has 0 amide bonds. The van der Waals surface area contributed by atoms with Crippen molar-refractivity contribution in [3.8, 4) is 0 Å². The van der Waals surface area contributed by atoms with Crippen LogP contribution in [0.25, 0.3) is 0 Å². The normalized spacial score (nSPS) is 22.7. The van der Waals surface area contributed by atoms with Gasteiger partial charge in [0.05, 0.1) is 5.92 Å². The van der Waals surface area contributed by atoms with Gasteiger partial charge < -0.3 is 14.9 Å². The first-order valence-corrected chi connectivity index (χ1v) is 10.9. The summed E-state index contributed by atoms with van der Waals surface area (Å²) in [5, 5.41) is 11.7. The molecule has 1 aliphatic rings. The fraction of sp³-hybridized carbons (Fsp3) is 0.480. The van der Waals surface area contributed by atoms with Crippen LogP contribution in [0.2, 0.25) is 0 Å². The number of hydrogen-bond donors (Lipinski definition) is 1. The molecule has 0 bridgehead atoms. The molecule has 2 aromatic rings. The van der Waals surface area contributed by atoms with E-state index in [1.54, 1.807) is 0 Å². The molecule has 4 nitrogen and oxygen atoms in total. The van der Waals surface area contributed by atoms with Gasteiger partial charge in [-0.05, 0) is 44.6 Å². The number of rotatable bonds is 9. The summed E-state index contributed by atoms with van der Waals surface area (Å²) in [7, 11) is 0. The molecule has 1 saturated heterocycles. The second-order valence-electron chi connectivity index (χ2n) is 8.00. The Balaban J connectivity index is 1.78. The highest BCUT2D eigenvalue weighted by atomic mass is 16.3. The first kappa shape index (κ1) is 21.7. The molecule has 0 aliphatic carbocycles. The van der Waals surface area contributed by atoms with Crippen molar-refractivity contribution in [3.05, 3.63) is 71.8 Å². The maximum absolute atomic E-state index is 13.4. The van der Waals surface area contributed by atoms with Crippen molar-refractivity contribution in [2.24, 2.45) is 5.92 Å². The molecule has 1 fully saturated rings. The molecule has 2 aromatic carbocycles. The van der Waals surface area contributed by atoms with Crippen molar-refractivity contribution >= 4 is 5.78 Å². The zero-order valence-electron chi connectivity index (χ0n) is 17.8. The van der Waals surface area contributed by atoms with Gasteiger partial charge in [0.1, 0.15) is 5.60 Å². The van der Waals surface area contributed by atoms with Crippen LogP contribution in [0.4, 0.5) is 0 Å². The van der Waals surface area contributed by atoms with E-state index >= 15 is 0 Å². The van der Waals surface area contributed by atoms with Gasteiger partial charge in [-0.2, -0.15) is 0 Å². The van der Waals surface area contributed by atoms with Gasteiger partial charge in [0, 0.05) is 18.7 Å². The Morgan fingerprint density at radius 3 is 2.31 bits per heavy atom. The van der Waals surface area contributed by atoms with E-state index in [4.69, 9.17) is 0 Å². The highest BCUT2D eigenvalue weighted by Gasteiger charge is 2.46. The third kappa shape index (κ3) is 5.13. The Kier molecular flexibility index (Phi) is 7.59. The van der Waals surface area contributed by atoms with Crippen molar-refractivity contribution in [1.82, 2.24) is 9.80 Å². The Hall–Kier alpha value is -2.01. The lowest BCUT2D eigenvalue weighted by atomic mass is 9.72. The van der Waals surface area contributed by atoms with Gasteiger partial charge in [0.15, 0.2) is 5.78 Å². The average Bonchev–Trinajstić information content (AvgIpc) is 2.78. The van der Waals surface area contributed by atoms with Crippen LogP contribution in [0.15, 0.2) is 60.7 Å². The van der Waals surface area contributed by atoms with E-state index in [9.17, 15) is 9.90 Å². The SMILES string of the molecule is CCN(CC)CCCN1CCC(O)(c2ccccc2)C(C(=O)c2ccccc2)C1. The van der Waals surface area contributed by atoms with E-state index in [0.29, 0.717) is 18.5 Å².